The maximum atomic E-state index is 13.1. The molecule has 1 aliphatic rings. The third-order valence-corrected chi connectivity index (χ3v) is 5.24. The van der Waals surface area contributed by atoms with E-state index < -0.39 is 11.5 Å². The van der Waals surface area contributed by atoms with Crippen LogP contribution in [0, 0.1) is 0 Å². The Balaban J connectivity index is 1.54. The van der Waals surface area contributed by atoms with Crippen LogP contribution in [0.25, 0.3) is 0 Å². The van der Waals surface area contributed by atoms with Gasteiger partial charge in [0, 0.05) is 18.5 Å². The SMILES string of the molecule is CC1(CCOC(=O)c2ccco2)Cc2ccccc2CN1C(=O)c1ccco1. The van der Waals surface area contributed by atoms with Crippen molar-refractivity contribution < 1.29 is 23.2 Å². The highest BCUT2D eigenvalue weighted by molar-refractivity contribution is 5.92. The Bertz CT molecular complexity index is 961. The Labute approximate surface area is 162 Å². The fourth-order valence-electron chi connectivity index (χ4n) is 3.65. The van der Waals surface area contributed by atoms with Crippen molar-refractivity contribution in [1.82, 2.24) is 4.90 Å². The highest BCUT2D eigenvalue weighted by Crippen LogP contribution is 2.34. The molecule has 0 radical (unpaired) electrons. The standard InChI is InChI=1S/C22H21NO5/c1-22(10-13-28-21(25)19-9-5-12-27-19)14-16-6-2-3-7-17(16)15-23(22)20(24)18-8-4-11-26-18/h2-9,11-12H,10,13-15H2,1H3. The third-order valence-electron chi connectivity index (χ3n) is 5.24. The summed E-state index contributed by atoms with van der Waals surface area (Å²) in [4.78, 5) is 26.9. The predicted molar refractivity (Wildman–Crippen MR) is 101 cm³/mol. The van der Waals surface area contributed by atoms with E-state index in [9.17, 15) is 9.59 Å². The van der Waals surface area contributed by atoms with Crippen LogP contribution in [0.4, 0.5) is 0 Å². The minimum atomic E-state index is -0.512. The van der Waals surface area contributed by atoms with Crippen molar-refractivity contribution in [2.75, 3.05) is 6.61 Å². The Morgan fingerprint density at radius 1 is 1.00 bits per heavy atom. The van der Waals surface area contributed by atoms with Gasteiger partial charge in [0.25, 0.3) is 5.91 Å². The van der Waals surface area contributed by atoms with E-state index in [0.717, 1.165) is 5.56 Å². The van der Waals surface area contributed by atoms with E-state index in [4.69, 9.17) is 13.6 Å². The zero-order valence-corrected chi connectivity index (χ0v) is 15.6. The Hall–Kier alpha value is -3.28. The van der Waals surface area contributed by atoms with Gasteiger partial charge in [-0.25, -0.2) is 4.79 Å². The van der Waals surface area contributed by atoms with Crippen LogP contribution in [-0.4, -0.2) is 28.9 Å². The lowest BCUT2D eigenvalue weighted by atomic mass is 9.81. The van der Waals surface area contributed by atoms with Crippen molar-refractivity contribution in [1.29, 1.82) is 0 Å². The summed E-state index contributed by atoms with van der Waals surface area (Å²) in [7, 11) is 0. The molecule has 0 N–H and O–H groups in total. The van der Waals surface area contributed by atoms with Crippen LogP contribution in [0.2, 0.25) is 0 Å². The molecule has 144 valence electrons. The van der Waals surface area contributed by atoms with Crippen LogP contribution >= 0.6 is 0 Å². The maximum absolute atomic E-state index is 13.1. The van der Waals surface area contributed by atoms with Gasteiger partial charge in [-0.15, -0.1) is 0 Å². The normalized spacial score (nSPS) is 18.5. The van der Waals surface area contributed by atoms with Gasteiger partial charge in [-0.1, -0.05) is 24.3 Å². The van der Waals surface area contributed by atoms with Crippen molar-refractivity contribution >= 4 is 11.9 Å². The third kappa shape index (κ3) is 3.45. The molecule has 6 heteroatoms. The number of amides is 1. The second-order valence-electron chi connectivity index (χ2n) is 7.17. The average Bonchev–Trinajstić information content (AvgIpc) is 3.40. The molecule has 4 rings (SSSR count). The van der Waals surface area contributed by atoms with E-state index in [1.165, 1.54) is 18.1 Å². The summed E-state index contributed by atoms with van der Waals surface area (Å²) < 4.78 is 15.8. The van der Waals surface area contributed by atoms with Gasteiger partial charge < -0.3 is 18.5 Å². The molecule has 0 saturated heterocycles. The molecule has 1 atom stereocenters. The molecule has 0 spiro atoms. The Kier molecular flexibility index (Phi) is 4.77. The van der Waals surface area contributed by atoms with Gasteiger partial charge in [0.1, 0.15) is 0 Å². The lowest BCUT2D eigenvalue weighted by Crippen LogP contribution is -2.54. The molecule has 28 heavy (non-hydrogen) atoms. The molecule has 0 bridgehead atoms. The van der Waals surface area contributed by atoms with Crippen molar-refractivity contribution in [3.05, 3.63) is 83.7 Å². The first-order valence-corrected chi connectivity index (χ1v) is 9.20. The van der Waals surface area contributed by atoms with Crippen molar-refractivity contribution in [3.63, 3.8) is 0 Å². The maximum Gasteiger partial charge on any atom is 0.374 e. The van der Waals surface area contributed by atoms with Gasteiger partial charge in [-0.05, 0) is 48.7 Å². The van der Waals surface area contributed by atoms with Gasteiger partial charge in [0.2, 0.25) is 5.76 Å². The number of fused-ring (bicyclic) bond motifs is 1. The lowest BCUT2D eigenvalue weighted by molar-refractivity contribution is 0.0219. The molecule has 3 heterocycles. The number of furan rings is 2. The van der Waals surface area contributed by atoms with Gasteiger partial charge in [-0.2, -0.15) is 0 Å². The topological polar surface area (TPSA) is 72.9 Å². The summed E-state index contributed by atoms with van der Waals surface area (Å²) >= 11 is 0. The molecule has 1 aliphatic heterocycles. The Morgan fingerprint density at radius 2 is 1.68 bits per heavy atom. The van der Waals surface area contributed by atoms with E-state index in [-0.39, 0.29) is 18.3 Å². The number of benzene rings is 1. The van der Waals surface area contributed by atoms with E-state index in [0.29, 0.717) is 25.1 Å². The van der Waals surface area contributed by atoms with Crippen LogP contribution < -0.4 is 0 Å². The summed E-state index contributed by atoms with van der Waals surface area (Å²) in [6.45, 7) is 2.68. The minimum Gasteiger partial charge on any atom is -0.460 e. The largest absolute Gasteiger partial charge is 0.460 e. The summed E-state index contributed by atoms with van der Waals surface area (Å²) in [6.07, 6.45) is 4.10. The smallest absolute Gasteiger partial charge is 0.374 e. The molecule has 6 nitrogen and oxygen atoms in total. The molecule has 1 unspecified atom stereocenters. The quantitative estimate of drug-likeness (QED) is 0.625. The Morgan fingerprint density at radius 3 is 2.36 bits per heavy atom. The fraction of sp³-hybridized carbons (Fsp3) is 0.273. The summed E-state index contributed by atoms with van der Waals surface area (Å²) in [5.41, 5.74) is 1.81. The number of esters is 1. The van der Waals surface area contributed by atoms with E-state index in [1.54, 1.807) is 24.3 Å². The van der Waals surface area contributed by atoms with Crippen molar-refractivity contribution in [3.8, 4) is 0 Å². The van der Waals surface area contributed by atoms with Gasteiger partial charge in [0.05, 0.1) is 19.1 Å². The van der Waals surface area contributed by atoms with Crippen molar-refractivity contribution in [2.24, 2.45) is 0 Å². The number of rotatable bonds is 5. The number of carbonyl (C=O) groups excluding carboxylic acids is 2. The highest BCUT2D eigenvalue weighted by atomic mass is 16.5. The number of nitrogens with zero attached hydrogens (tertiary/aromatic N) is 1. The lowest BCUT2D eigenvalue weighted by Gasteiger charge is -2.45. The average molecular weight is 379 g/mol. The molecule has 3 aromatic rings. The first-order valence-electron chi connectivity index (χ1n) is 9.20. The molecule has 0 saturated carbocycles. The molecule has 0 fully saturated rings. The van der Waals surface area contributed by atoms with Gasteiger partial charge in [0.15, 0.2) is 5.76 Å². The number of hydrogen-bond acceptors (Lipinski definition) is 5. The summed E-state index contributed by atoms with van der Waals surface area (Å²) in [6, 6.07) is 14.7. The van der Waals surface area contributed by atoms with Crippen LogP contribution in [0.15, 0.2) is 69.9 Å². The van der Waals surface area contributed by atoms with Crippen LogP contribution in [-0.2, 0) is 17.7 Å². The summed E-state index contributed by atoms with van der Waals surface area (Å²) in [5, 5.41) is 0. The second-order valence-corrected chi connectivity index (χ2v) is 7.17. The number of hydrogen-bond donors (Lipinski definition) is 0. The first-order chi connectivity index (χ1) is 13.6. The molecular weight excluding hydrogens is 358 g/mol. The second kappa shape index (κ2) is 7.38. The van der Waals surface area contributed by atoms with Crippen LogP contribution in [0.5, 0.6) is 0 Å². The van der Waals surface area contributed by atoms with Crippen LogP contribution in [0.3, 0.4) is 0 Å². The molecule has 1 aromatic carbocycles. The zero-order chi connectivity index (χ0) is 19.6. The summed E-state index contributed by atoms with van der Waals surface area (Å²) in [5.74, 6) is -0.200. The zero-order valence-electron chi connectivity index (χ0n) is 15.6. The number of carbonyl (C=O) groups is 2. The first kappa shape index (κ1) is 18.1. The van der Waals surface area contributed by atoms with E-state index in [1.807, 2.05) is 30.0 Å². The predicted octanol–water partition coefficient (Wildman–Crippen LogP) is 4.08. The fourth-order valence-corrected chi connectivity index (χ4v) is 3.65. The monoisotopic (exact) mass is 379 g/mol. The molecule has 1 amide bonds. The number of ether oxygens (including phenoxy) is 1. The van der Waals surface area contributed by atoms with E-state index >= 15 is 0 Å². The highest BCUT2D eigenvalue weighted by Gasteiger charge is 2.40. The molecular formula is C22H21NO5. The van der Waals surface area contributed by atoms with Gasteiger partial charge in [-0.3, -0.25) is 4.79 Å². The van der Waals surface area contributed by atoms with Crippen molar-refractivity contribution in [2.45, 2.75) is 31.8 Å². The van der Waals surface area contributed by atoms with Crippen LogP contribution in [0.1, 0.15) is 45.6 Å². The minimum absolute atomic E-state index is 0.167. The molecule has 0 aliphatic carbocycles. The molecule has 2 aromatic heterocycles. The van der Waals surface area contributed by atoms with Gasteiger partial charge >= 0.3 is 5.97 Å². The van der Waals surface area contributed by atoms with E-state index in [2.05, 4.69) is 6.07 Å².